The maximum absolute atomic E-state index is 10.8. The first-order valence-electron chi connectivity index (χ1n) is 6.91. The zero-order valence-corrected chi connectivity index (χ0v) is 14.1. The van der Waals surface area contributed by atoms with Crippen LogP contribution in [-0.4, -0.2) is 62.2 Å². The molecule has 0 radical (unpaired) electrons. The summed E-state index contributed by atoms with van der Waals surface area (Å²) in [6, 6.07) is 0. The van der Waals surface area contributed by atoms with Crippen LogP contribution in [0.15, 0.2) is 16.9 Å². The topological polar surface area (TPSA) is 124 Å². The Labute approximate surface area is 131 Å². The molecule has 0 bridgehead atoms. The van der Waals surface area contributed by atoms with Crippen molar-refractivity contribution in [2.45, 2.75) is 25.7 Å². The molecule has 0 amide bonds. The van der Waals surface area contributed by atoms with Crippen LogP contribution in [0.4, 0.5) is 0 Å². The van der Waals surface area contributed by atoms with E-state index in [1.54, 1.807) is 6.21 Å². The molecule has 2 N–H and O–H groups in total. The molecule has 1 rings (SSSR count). The van der Waals surface area contributed by atoms with Crippen LogP contribution in [0.25, 0.3) is 0 Å². The Morgan fingerprint density at radius 1 is 1.14 bits per heavy atom. The molecule has 0 aromatic rings. The Balaban J connectivity index is 2.66. The van der Waals surface area contributed by atoms with E-state index in [2.05, 4.69) is 4.99 Å². The molecule has 0 saturated carbocycles. The highest BCUT2D eigenvalue weighted by Gasteiger charge is 2.18. The maximum atomic E-state index is 10.8. The van der Waals surface area contributed by atoms with Gasteiger partial charge in [-0.1, -0.05) is 0 Å². The monoisotopic (exact) mass is 354 g/mol. The number of hydrogen-bond acceptors (Lipinski definition) is 6. The smallest absolute Gasteiger partial charge is 0.264 e. The van der Waals surface area contributed by atoms with E-state index in [1.807, 2.05) is 18.1 Å². The van der Waals surface area contributed by atoms with Gasteiger partial charge in [0.25, 0.3) is 20.2 Å². The summed E-state index contributed by atoms with van der Waals surface area (Å²) in [5.41, 5.74) is 0.749. The number of aliphatic imine (C=N–C) groups is 1. The summed E-state index contributed by atoms with van der Waals surface area (Å²) in [6.07, 6.45) is 5.00. The number of hydrogen-bond donors (Lipinski definition) is 2. The second-order valence-electron chi connectivity index (χ2n) is 5.36. The number of nitrogens with zero attached hydrogens (tertiary/aromatic N) is 2. The van der Waals surface area contributed by atoms with Gasteiger partial charge in [0, 0.05) is 25.4 Å². The van der Waals surface area contributed by atoms with Crippen LogP contribution in [0.2, 0.25) is 0 Å². The minimum absolute atomic E-state index is 0.123. The fourth-order valence-electron chi connectivity index (χ4n) is 2.26. The van der Waals surface area contributed by atoms with Crippen molar-refractivity contribution in [3.63, 3.8) is 0 Å². The summed E-state index contributed by atoms with van der Waals surface area (Å²) in [5.74, 6) is -0.800. The van der Waals surface area contributed by atoms with E-state index in [4.69, 9.17) is 9.11 Å². The predicted molar refractivity (Wildman–Crippen MR) is 84.0 cm³/mol. The van der Waals surface area contributed by atoms with Crippen molar-refractivity contribution in [2.24, 2.45) is 10.9 Å². The molecule has 0 aliphatic carbocycles. The van der Waals surface area contributed by atoms with E-state index in [0.717, 1.165) is 5.70 Å². The number of allylic oxidation sites excluding steroid dienone is 1. The molecule has 0 aromatic carbocycles. The lowest BCUT2D eigenvalue weighted by atomic mass is 9.95. The molecule has 10 heteroatoms. The van der Waals surface area contributed by atoms with Crippen molar-refractivity contribution >= 4 is 26.5 Å². The van der Waals surface area contributed by atoms with Gasteiger partial charge in [0.05, 0.1) is 23.7 Å². The van der Waals surface area contributed by atoms with Crippen LogP contribution < -0.4 is 0 Å². The Hall–Kier alpha value is -0.970. The molecule has 0 spiro atoms. The zero-order valence-electron chi connectivity index (χ0n) is 12.4. The molecule has 1 aliphatic heterocycles. The number of rotatable bonds is 9. The zero-order chi connectivity index (χ0) is 16.8. The summed E-state index contributed by atoms with van der Waals surface area (Å²) in [4.78, 5) is 6.20. The minimum atomic E-state index is -4.01. The van der Waals surface area contributed by atoms with Gasteiger partial charge >= 0.3 is 0 Å². The third kappa shape index (κ3) is 8.47. The lowest BCUT2D eigenvalue weighted by Gasteiger charge is -2.23. The van der Waals surface area contributed by atoms with Crippen LogP contribution in [0, 0.1) is 5.92 Å². The summed E-state index contributed by atoms with van der Waals surface area (Å²) in [6.45, 7) is 0.673. The van der Waals surface area contributed by atoms with E-state index < -0.39 is 20.2 Å². The largest absolute Gasteiger partial charge is 0.374 e. The average molecular weight is 354 g/mol. The molecule has 0 unspecified atom stereocenters. The average Bonchev–Trinajstić information content (AvgIpc) is 2.34. The summed E-state index contributed by atoms with van der Waals surface area (Å²) in [7, 11) is -6.14. The van der Waals surface area contributed by atoms with Gasteiger partial charge in [-0.3, -0.25) is 14.1 Å². The van der Waals surface area contributed by atoms with Crippen molar-refractivity contribution in [1.82, 2.24) is 4.90 Å². The van der Waals surface area contributed by atoms with Gasteiger partial charge in [-0.2, -0.15) is 16.8 Å². The molecule has 128 valence electrons. The van der Waals surface area contributed by atoms with E-state index in [9.17, 15) is 16.8 Å². The van der Waals surface area contributed by atoms with Crippen molar-refractivity contribution in [1.29, 1.82) is 0 Å². The quantitative estimate of drug-likeness (QED) is 0.587. The van der Waals surface area contributed by atoms with Crippen molar-refractivity contribution < 1.29 is 25.9 Å². The Morgan fingerprint density at radius 2 is 1.64 bits per heavy atom. The van der Waals surface area contributed by atoms with Gasteiger partial charge in [0.1, 0.15) is 0 Å². The first-order chi connectivity index (χ1) is 10.1. The second-order valence-corrected chi connectivity index (χ2v) is 8.50. The first kappa shape index (κ1) is 19.1. The highest BCUT2D eigenvalue weighted by atomic mass is 32.2. The van der Waals surface area contributed by atoms with Gasteiger partial charge in [0.2, 0.25) is 0 Å². The van der Waals surface area contributed by atoms with Crippen LogP contribution in [-0.2, 0) is 20.2 Å². The first-order valence-corrected chi connectivity index (χ1v) is 10.1. The molecule has 0 atom stereocenters. The van der Waals surface area contributed by atoms with Crippen molar-refractivity contribution in [3.8, 4) is 0 Å². The van der Waals surface area contributed by atoms with Crippen LogP contribution in [0.3, 0.4) is 0 Å². The third-order valence-corrected chi connectivity index (χ3v) is 4.90. The summed E-state index contributed by atoms with van der Waals surface area (Å²) < 4.78 is 60.7. The van der Waals surface area contributed by atoms with Gasteiger partial charge < -0.3 is 4.90 Å². The SMILES string of the molecule is CN1C=C(C(CCCS(=O)(=O)O)CCCS(=O)(=O)O)N=CC1. The fraction of sp³-hybridized carbons (Fsp3) is 0.750. The molecule has 8 nitrogen and oxygen atoms in total. The molecule has 0 fully saturated rings. The van der Waals surface area contributed by atoms with Crippen LogP contribution in [0.5, 0.6) is 0 Å². The van der Waals surface area contributed by atoms with Gasteiger partial charge in [-0.25, -0.2) is 0 Å². The Kier molecular flexibility index (Phi) is 6.98. The normalized spacial score (nSPS) is 16.2. The molecule has 0 aromatic heterocycles. The lowest BCUT2D eigenvalue weighted by molar-refractivity contribution is 0.443. The summed E-state index contributed by atoms with van der Waals surface area (Å²) in [5, 5.41) is 0. The van der Waals surface area contributed by atoms with Gasteiger partial charge in [0.15, 0.2) is 0 Å². The Morgan fingerprint density at radius 3 is 2.05 bits per heavy atom. The molecular formula is C12H22N2O6S2. The molecule has 22 heavy (non-hydrogen) atoms. The standard InChI is InChI=1S/C12H22N2O6S2/c1-14-7-6-13-12(10-14)11(4-2-8-21(15,16)17)5-3-9-22(18,19)20/h6,10-11H,2-5,7-9H2,1H3,(H,15,16,17)(H,18,19,20). The predicted octanol–water partition coefficient (Wildman–Crippen LogP) is 0.796. The summed E-state index contributed by atoms with van der Waals surface area (Å²) >= 11 is 0. The van der Waals surface area contributed by atoms with E-state index >= 15 is 0 Å². The molecule has 1 heterocycles. The highest BCUT2D eigenvalue weighted by Crippen LogP contribution is 2.25. The van der Waals surface area contributed by atoms with E-state index in [-0.39, 0.29) is 30.3 Å². The molecular weight excluding hydrogens is 332 g/mol. The van der Waals surface area contributed by atoms with Gasteiger partial charge in [-0.15, -0.1) is 0 Å². The third-order valence-electron chi connectivity index (χ3n) is 3.29. The second kappa shape index (κ2) is 8.04. The lowest BCUT2D eigenvalue weighted by Crippen LogP contribution is -2.21. The van der Waals surface area contributed by atoms with E-state index in [1.165, 1.54) is 0 Å². The minimum Gasteiger partial charge on any atom is -0.374 e. The van der Waals surface area contributed by atoms with Crippen molar-refractivity contribution in [2.75, 3.05) is 25.1 Å². The molecule has 0 saturated heterocycles. The fourth-order valence-corrected chi connectivity index (χ4v) is 3.32. The Bertz CT molecular complexity index is 586. The van der Waals surface area contributed by atoms with Crippen LogP contribution in [0.1, 0.15) is 25.7 Å². The highest BCUT2D eigenvalue weighted by molar-refractivity contribution is 7.86. The van der Waals surface area contributed by atoms with Crippen LogP contribution >= 0.6 is 0 Å². The van der Waals surface area contributed by atoms with Gasteiger partial charge in [-0.05, 0) is 25.7 Å². The van der Waals surface area contributed by atoms with E-state index in [0.29, 0.717) is 19.4 Å². The van der Waals surface area contributed by atoms with Crippen molar-refractivity contribution in [3.05, 3.63) is 11.9 Å². The molecule has 1 aliphatic rings. The maximum Gasteiger partial charge on any atom is 0.264 e.